The number of rotatable bonds is 6. The van der Waals surface area contributed by atoms with Crippen LogP contribution in [0.5, 0.6) is 0 Å². The van der Waals surface area contributed by atoms with Crippen molar-refractivity contribution in [1.82, 2.24) is 10.3 Å². The summed E-state index contributed by atoms with van der Waals surface area (Å²) in [5, 5.41) is 4.64. The molecule has 1 aliphatic heterocycles. The monoisotopic (exact) mass is 363 g/mol. The predicted molar refractivity (Wildman–Crippen MR) is 108 cm³/mol. The van der Waals surface area contributed by atoms with Crippen molar-refractivity contribution >= 4 is 22.6 Å². The molecule has 5 heteroatoms. The average molecular weight is 363 g/mol. The van der Waals surface area contributed by atoms with Crippen molar-refractivity contribution in [1.29, 1.82) is 0 Å². The van der Waals surface area contributed by atoms with Gasteiger partial charge in [-0.15, -0.1) is 0 Å². The van der Waals surface area contributed by atoms with Crippen LogP contribution in [-0.4, -0.2) is 44.2 Å². The quantitative estimate of drug-likeness (QED) is 0.660. The van der Waals surface area contributed by atoms with Crippen molar-refractivity contribution in [3.8, 4) is 0 Å². The SMILES string of the molecule is CN(C)c1ccc([C@@H](CN[C@H]2CCOC2=O)c2c[nH]c3ccccc23)cc1. The van der Waals surface area contributed by atoms with Gasteiger partial charge in [-0.25, -0.2) is 0 Å². The molecular formula is C22H25N3O2. The number of H-pyrrole nitrogens is 1. The number of benzene rings is 2. The van der Waals surface area contributed by atoms with Crippen LogP contribution >= 0.6 is 0 Å². The van der Waals surface area contributed by atoms with Crippen LogP contribution in [0.25, 0.3) is 10.9 Å². The third-order valence-electron chi connectivity index (χ3n) is 5.31. The summed E-state index contributed by atoms with van der Waals surface area (Å²) in [6.07, 6.45) is 2.82. The maximum atomic E-state index is 11.8. The Balaban J connectivity index is 1.67. The molecule has 27 heavy (non-hydrogen) atoms. The molecule has 0 bridgehead atoms. The smallest absolute Gasteiger partial charge is 0.323 e. The lowest BCUT2D eigenvalue weighted by Gasteiger charge is -2.21. The van der Waals surface area contributed by atoms with E-state index in [0.29, 0.717) is 13.2 Å². The lowest BCUT2D eigenvalue weighted by molar-refractivity contribution is -0.139. The van der Waals surface area contributed by atoms with Gasteiger partial charge >= 0.3 is 5.97 Å². The molecule has 0 spiro atoms. The third kappa shape index (κ3) is 3.55. The molecule has 1 aromatic heterocycles. The number of carbonyl (C=O) groups is 1. The van der Waals surface area contributed by atoms with Crippen LogP contribution in [0.1, 0.15) is 23.5 Å². The molecule has 2 aromatic carbocycles. The summed E-state index contributed by atoms with van der Waals surface area (Å²) in [5.41, 5.74) is 4.76. The minimum Gasteiger partial charge on any atom is -0.464 e. The lowest BCUT2D eigenvalue weighted by atomic mass is 9.90. The maximum absolute atomic E-state index is 11.8. The van der Waals surface area contributed by atoms with Gasteiger partial charge in [0.1, 0.15) is 6.04 Å². The number of ether oxygens (including phenoxy) is 1. The summed E-state index contributed by atoms with van der Waals surface area (Å²) in [6.45, 7) is 1.19. The Hall–Kier alpha value is -2.79. The van der Waals surface area contributed by atoms with E-state index in [0.717, 1.165) is 11.9 Å². The molecule has 0 saturated carbocycles. The number of fused-ring (bicyclic) bond motifs is 1. The zero-order valence-corrected chi connectivity index (χ0v) is 15.7. The van der Waals surface area contributed by atoms with E-state index in [4.69, 9.17) is 4.74 Å². The minimum absolute atomic E-state index is 0.143. The van der Waals surface area contributed by atoms with E-state index in [1.54, 1.807) is 0 Å². The van der Waals surface area contributed by atoms with Crippen molar-refractivity contribution in [3.63, 3.8) is 0 Å². The molecule has 140 valence electrons. The number of aromatic nitrogens is 1. The van der Waals surface area contributed by atoms with E-state index in [1.165, 1.54) is 22.2 Å². The number of carbonyl (C=O) groups excluding carboxylic acids is 1. The number of nitrogens with one attached hydrogen (secondary N) is 2. The van der Waals surface area contributed by atoms with E-state index in [1.807, 2.05) is 20.2 Å². The number of hydrogen-bond acceptors (Lipinski definition) is 4. The second-order valence-electron chi connectivity index (χ2n) is 7.25. The number of anilines is 1. The van der Waals surface area contributed by atoms with Crippen molar-refractivity contribution in [2.75, 3.05) is 32.1 Å². The van der Waals surface area contributed by atoms with E-state index < -0.39 is 0 Å². The fourth-order valence-corrected chi connectivity index (χ4v) is 3.74. The normalized spacial score (nSPS) is 17.9. The van der Waals surface area contributed by atoms with Crippen LogP contribution in [0.4, 0.5) is 5.69 Å². The molecule has 0 amide bonds. The highest BCUT2D eigenvalue weighted by atomic mass is 16.5. The van der Waals surface area contributed by atoms with Crippen molar-refractivity contribution in [2.24, 2.45) is 0 Å². The van der Waals surface area contributed by atoms with E-state index >= 15 is 0 Å². The molecule has 4 rings (SSSR count). The van der Waals surface area contributed by atoms with Gasteiger partial charge in [0.2, 0.25) is 0 Å². The maximum Gasteiger partial charge on any atom is 0.323 e. The number of cyclic esters (lactones) is 1. The summed E-state index contributed by atoms with van der Waals surface area (Å²) in [6, 6.07) is 16.8. The van der Waals surface area contributed by atoms with Crippen LogP contribution in [-0.2, 0) is 9.53 Å². The van der Waals surface area contributed by atoms with Crippen LogP contribution in [0.2, 0.25) is 0 Å². The fraction of sp³-hybridized carbons (Fsp3) is 0.318. The largest absolute Gasteiger partial charge is 0.464 e. The highest BCUT2D eigenvalue weighted by Crippen LogP contribution is 2.31. The van der Waals surface area contributed by atoms with E-state index in [-0.39, 0.29) is 17.9 Å². The van der Waals surface area contributed by atoms with Crippen LogP contribution in [0.15, 0.2) is 54.7 Å². The van der Waals surface area contributed by atoms with Crippen molar-refractivity contribution in [2.45, 2.75) is 18.4 Å². The Bertz CT molecular complexity index is 930. The van der Waals surface area contributed by atoms with Gasteiger partial charge in [0.15, 0.2) is 0 Å². The first kappa shape index (κ1) is 17.6. The van der Waals surface area contributed by atoms with Crippen LogP contribution in [0, 0.1) is 0 Å². The van der Waals surface area contributed by atoms with E-state index in [2.05, 4.69) is 63.9 Å². The Morgan fingerprint density at radius 2 is 1.96 bits per heavy atom. The molecule has 5 nitrogen and oxygen atoms in total. The van der Waals surface area contributed by atoms with Crippen LogP contribution in [0.3, 0.4) is 0 Å². The highest BCUT2D eigenvalue weighted by Gasteiger charge is 2.28. The topological polar surface area (TPSA) is 57.4 Å². The molecule has 1 saturated heterocycles. The molecule has 0 unspecified atom stereocenters. The average Bonchev–Trinajstić information content (AvgIpc) is 3.29. The molecule has 3 aromatic rings. The first-order valence-electron chi connectivity index (χ1n) is 9.37. The fourth-order valence-electron chi connectivity index (χ4n) is 3.74. The number of aromatic amines is 1. The molecule has 1 fully saturated rings. The van der Waals surface area contributed by atoms with Crippen LogP contribution < -0.4 is 10.2 Å². The summed E-state index contributed by atoms with van der Waals surface area (Å²) < 4.78 is 5.09. The zero-order valence-electron chi connectivity index (χ0n) is 15.7. The molecule has 0 radical (unpaired) electrons. The van der Waals surface area contributed by atoms with Gasteiger partial charge in [0.25, 0.3) is 0 Å². The Labute approximate surface area is 159 Å². The van der Waals surface area contributed by atoms with Gasteiger partial charge in [-0.2, -0.15) is 0 Å². The summed E-state index contributed by atoms with van der Waals surface area (Å²) in [5.74, 6) is 0.00129. The number of nitrogens with zero attached hydrogens (tertiary/aromatic N) is 1. The number of hydrogen-bond donors (Lipinski definition) is 2. The summed E-state index contributed by atoms with van der Waals surface area (Å²) >= 11 is 0. The molecule has 0 aliphatic carbocycles. The van der Waals surface area contributed by atoms with E-state index in [9.17, 15) is 4.79 Å². The number of esters is 1. The first-order valence-corrected chi connectivity index (χ1v) is 9.37. The highest BCUT2D eigenvalue weighted by molar-refractivity contribution is 5.84. The number of para-hydroxylation sites is 1. The molecule has 2 atom stereocenters. The van der Waals surface area contributed by atoms with Crippen molar-refractivity contribution in [3.05, 3.63) is 65.9 Å². The van der Waals surface area contributed by atoms with Gasteiger partial charge in [-0.1, -0.05) is 30.3 Å². The Morgan fingerprint density at radius 1 is 1.19 bits per heavy atom. The van der Waals surface area contributed by atoms with Crippen molar-refractivity contribution < 1.29 is 9.53 Å². The lowest BCUT2D eigenvalue weighted by Crippen LogP contribution is -2.36. The molecule has 1 aliphatic rings. The van der Waals surface area contributed by atoms with Gasteiger partial charge in [-0.3, -0.25) is 4.79 Å². The first-order chi connectivity index (χ1) is 13.1. The van der Waals surface area contributed by atoms with Gasteiger partial charge in [0, 0.05) is 55.8 Å². The molecular weight excluding hydrogens is 338 g/mol. The zero-order chi connectivity index (χ0) is 18.8. The molecule has 2 heterocycles. The standard InChI is InChI=1S/C22H25N3O2/c1-25(2)16-9-7-15(8-10-16)18(13-24-21-11-12-27-22(21)26)19-14-23-20-6-4-3-5-17(19)20/h3-10,14,18,21,23-24H,11-13H2,1-2H3/t18-,21+/m1/s1. The summed E-state index contributed by atoms with van der Waals surface area (Å²) in [7, 11) is 4.08. The minimum atomic E-state index is -0.209. The van der Waals surface area contributed by atoms with Gasteiger partial charge in [0.05, 0.1) is 6.61 Å². The van der Waals surface area contributed by atoms with Gasteiger partial charge in [-0.05, 0) is 29.3 Å². The Morgan fingerprint density at radius 3 is 2.67 bits per heavy atom. The predicted octanol–water partition coefficient (Wildman–Crippen LogP) is 3.27. The second kappa shape index (κ2) is 7.45. The Kier molecular flexibility index (Phi) is 4.86. The van der Waals surface area contributed by atoms with Gasteiger partial charge < -0.3 is 19.9 Å². The third-order valence-corrected chi connectivity index (χ3v) is 5.31. The summed E-state index contributed by atoms with van der Waals surface area (Å²) in [4.78, 5) is 17.3. The molecule has 2 N–H and O–H groups in total. The second-order valence-corrected chi connectivity index (χ2v) is 7.25.